The van der Waals surface area contributed by atoms with Crippen molar-refractivity contribution in [2.45, 2.75) is 53.1 Å². The fraction of sp³-hybridized carbons (Fsp3) is 0.200. The van der Waals surface area contributed by atoms with E-state index in [0.717, 1.165) is 53.6 Å². The molecule has 0 saturated heterocycles. The van der Waals surface area contributed by atoms with Crippen LogP contribution in [-0.2, 0) is 22.6 Å². The number of carbonyl (C=O) groups excluding carboxylic acids is 2. The van der Waals surface area contributed by atoms with Gasteiger partial charge in [0.2, 0.25) is 0 Å². The minimum Gasteiger partial charge on any atom is -0.489 e. The molecule has 0 aromatic heterocycles. The summed E-state index contributed by atoms with van der Waals surface area (Å²) in [6.45, 7) is 10.0. The average Bonchev–Trinajstić information content (AvgIpc) is 3.54. The summed E-state index contributed by atoms with van der Waals surface area (Å²) in [5.41, 5.74) is 11.3. The largest absolute Gasteiger partial charge is 0.489 e. The molecule has 0 unspecified atom stereocenters. The Hall–Kier alpha value is -6.08. The molecule has 262 valence electrons. The number of carbonyl (C=O) groups is 2. The lowest BCUT2D eigenvalue weighted by molar-refractivity contribution is -0.130. The molecular formula is C45H42N2O5. The lowest BCUT2D eigenvalue weighted by Crippen LogP contribution is -2.09. The molecule has 5 aromatic rings. The summed E-state index contributed by atoms with van der Waals surface area (Å²) in [4.78, 5) is 24.6. The first-order valence-electron chi connectivity index (χ1n) is 17.6. The van der Waals surface area contributed by atoms with Gasteiger partial charge in [0.1, 0.15) is 18.1 Å². The van der Waals surface area contributed by atoms with E-state index in [2.05, 4.69) is 66.2 Å². The fourth-order valence-corrected chi connectivity index (χ4v) is 5.99. The van der Waals surface area contributed by atoms with E-state index in [9.17, 15) is 9.59 Å². The smallest absolute Gasteiger partial charge is 0.338 e. The van der Waals surface area contributed by atoms with E-state index in [-0.39, 0.29) is 12.6 Å². The predicted molar refractivity (Wildman–Crippen MR) is 207 cm³/mol. The van der Waals surface area contributed by atoms with Crippen molar-refractivity contribution in [1.29, 1.82) is 0 Å². The SMILES string of the molecule is C=C(C)C(=O)Oc1ccc(COc2ccc(-c3ccc(C(=O)OCCCCC)cc3)cc2)c(/C=N/N=C(\C)c2ccc3c(c2)Cc2ccccc2-3)c1. The van der Waals surface area contributed by atoms with Gasteiger partial charge < -0.3 is 14.2 Å². The second-order valence-corrected chi connectivity index (χ2v) is 12.9. The third-order valence-corrected chi connectivity index (χ3v) is 8.98. The number of hydrogen-bond donors (Lipinski definition) is 0. The van der Waals surface area contributed by atoms with Gasteiger partial charge in [-0.25, -0.2) is 9.59 Å². The molecular weight excluding hydrogens is 649 g/mol. The summed E-state index contributed by atoms with van der Waals surface area (Å²) in [7, 11) is 0. The van der Waals surface area contributed by atoms with E-state index in [1.165, 1.54) is 22.3 Å². The molecule has 0 N–H and O–H groups in total. The normalized spacial score (nSPS) is 11.9. The van der Waals surface area contributed by atoms with E-state index in [0.29, 0.717) is 34.8 Å². The molecule has 52 heavy (non-hydrogen) atoms. The minimum atomic E-state index is -0.503. The highest BCUT2D eigenvalue weighted by Gasteiger charge is 2.18. The molecule has 0 fully saturated rings. The maximum Gasteiger partial charge on any atom is 0.338 e. The van der Waals surface area contributed by atoms with Crippen molar-refractivity contribution in [1.82, 2.24) is 0 Å². The summed E-state index contributed by atoms with van der Waals surface area (Å²) in [6.07, 6.45) is 5.55. The Morgan fingerprint density at radius 2 is 1.46 bits per heavy atom. The molecule has 0 aliphatic heterocycles. The highest BCUT2D eigenvalue weighted by molar-refractivity contribution is 6.00. The number of hydrogen-bond acceptors (Lipinski definition) is 7. The van der Waals surface area contributed by atoms with E-state index >= 15 is 0 Å². The Morgan fingerprint density at radius 1 is 0.769 bits per heavy atom. The Morgan fingerprint density at radius 3 is 2.21 bits per heavy atom. The molecule has 0 atom stereocenters. The molecule has 1 aliphatic carbocycles. The topological polar surface area (TPSA) is 86.5 Å². The molecule has 0 radical (unpaired) electrons. The number of benzene rings is 5. The van der Waals surface area contributed by atoms with Gasteiger partial charge in [-0.1, -0.05) is 93.1 Å². The van der Waals surface area contributed by atoms with Gasteiger partial charge in [0.15, 0.2) is 0 Å². The summed E-state index contributed by atoms with van der Waals surface area (Å²) >= 11 is 0. The summed E-state index contributed by atoms with van der Waals surface area (Å²) in [6, 6.07) is 35.4. The lowest BCUT2D eigenvalue weighted by Gasteiger charge is -2.12. The maximum atomic E-state index is 12.3. The van der Waals surface area contributed by atoms with E-state index < -0.39 is 5.97 Å². The van der Waals surface area contributed by atoms with Gasteiger partial charge in [0.05, 0.1) is 24.1 Å². The molecule has 0 amide bonds. The maximum absolute atomic E-state index is 12.3. The van der Waals surface area contributed by atoms with E-state index in [1.807, 2.05) is 49.4 Å². The molecule has 6 rings (SSSR count). The minimum absolute atomic E-state index is 0.249. The Labute approximate surface area is 305 Å². The fourth-order valence-electron chi connectivity index (χ4n) is 5.99. The highest BCUT2D eigenvalue weighted by atomic mass is 16.5. The van der Waals surface area contributed by atoms with E-state index in [4.69, 9.17) is 14.2 Å². The molecule has 0 heterocycles. The molecule has 0 spiro atoms. The van der Waals surface area contributed by atoms with Crippen molar-refractivity contribution in [3.63, 3.8) is 0 Å². The first kappa shape index (κ1) is 35.7. The zero-order valence-corrected chi connectivity index (χ0v) is 29.9. The van der Waals surface area contributed by atoms with Crippen molar-refractivity contribution >= 4 is 23.9 Å². The van der Waals surface area contributed by atoms with Crippen LogP contribution >= 0.6 is 0 Å². The molecule has 7 heteroatoms. The van der Waals surface area contributed by atoms with E-state index in [1.54, 1.807) is 37.4 Å². The zero-order valence-electron chi connectivity index (χ0n) is 29.9. The number of nitrogens with zero attached hydrogens (tertiary/aromatic N) is 2. The first-order valence-corrected chi connectivity index (χ1v) is 17.6. The van der Waals surface area contributed by atoms with Crippen LogP contribution in [0.1, 0.15) is 78.2 Å². The number of fused-ring (bicyclic) bond motifs is 3. The van der Waals surface area contributed by atoms with Crippen LogP contribution in [-0.4, -0.2) is 30.5 Å². The van der Waals surface area contributed by atoms with Gasteiger partial charge in [-0.15, -0.1) is 0 Å². The van der Waals surface area contributed by atoms with Gasteiger partial charge in [-0.3, -0.25) is 0 Å². The van der Waals surface area contributed by atoms with Gasteiger partial charge in [0, 0.05) is 11.1 Å². The van der Waals surface area contributed by atoms with Crippen molar-refractivity contribution in [2.24, 2.45) is 10.2 Å². The lowest BCUT2D eigenvalue weighted by atomic mass is 10.0. The number of unbranched alkanes of at least 4 members (excludes halogenated alkanes) is 2. The molecule has 0 saturated carbocycles. The summed E-state index contributed by atoms with van der Waals surface area (Å²) < 4.78 is 17.0. The Balaban J connectivity index is 1.13. The average molecular weight is 691 g/mol. The van der Waals surface area contributed by atoms with Gasteiger partial charge in [-0.2, -0.15) is 10.2 Å². The first-order chi connectivity index (χ1) is 25.3. The van der Waals surface area contributed by atoms with Crippen molar-refractivity contribution in [3.8, 4) is 33.8 Å². The zero-order chi connectivity index (χ0) is 36.5. The van der Waals surface area contributed by atoms with Crippen LogP contribution in [0.15, 0.2) is 132 Å². The summed E-state index contributed by atoms with van der Waals surface area (Å²) in [5.74, 6) is 0.253. The van der Waals surface area contributed by atoms with Gasteiger partial charge >= 0.3 is 11.9 Å². The molecule has 0 bridgehead atoms. The van der Waals surface area contributed by atoms with Gasteiger partial charge in [-0.05, 0) is 114 Å². The van der Waals surface area contributed by atoms with Crippen molar-refractivity contribution in [2.75, 3.05) is 6.61 Å². The van der Waals surface area contributed by atoms with Crippen LogP contribution in [0.2, 0.25) is 0 Å². The van der Waals surface area contributed by atoms with Crippen molar-refractivity contribution < 1.29 is 23.8 Å². The molecule has 1 aliphatic rings. The predicted octanol–water partition coefficient (Wildman–Crippen LogP) is 10.2. The van der Waals surface area contributed by atoms with Crippen LogP contribution in [0.5, 0.6) is 11.5 Å². The second kappa shape index (κ2) is 16.8. The van der Waals surface area contributed by atoms with Crippen LogP contribution in [0.4, 0.5) is 0 Å². The number of esters is 2. The number of ether oxygens (including phenoxy) is 3. The van der Waals surface area contributed by atoms with Crippen LogP contribution in [0.3, 0.4) is 0 Å². The summed E-state index contributed by atoms with van der Waals surface area (Å²) in [5, 5.41) is 8.94. The van der Waals surface area contributed by atoms with Gasteiger partial charge in [0.25, 0.3) is 0 Å². The van der Waals surface area contributed by atoms with Crippen LogP contribution in [0, 0.1) is 0 Å². The van der Waals surface area contributed by atoms with Crippen LogP contribution in [0.25, 0.3) is 22.3 Å². The number of rotatable bonds is 14. The third-order valence-electron chi connectivity index (χ3n) is 8.98. The van der Waals surface area contributed by atoms with Crippen molar-refractivity contribution in [3.05, 3.63) is 155 Å². The quantitative estimate of drug-likeness (QED) is 0.0284. The Kier molecular flexibility index (Phi) is 11.5. The van der Waals surface area contributed by atoms with Crippen LogP contribution < -0.4 is 9.47 Å². The molecule has 5 aromatic carbocycles. The second-order valence-electron chi connectivity index (χ2n) is 12.9. The molecule has 7 nitrogen and oxygen atoms in total. The highest BCUT2D eigenvalue weighted by Crippen LogP contribution is 2.37. The Bertz CT molecular complexity index is 2150. The monoisotopic (exact) mass is 690 g/mol. The third kappa shape index (κ3) is 8.79. The standard InChI is InChI=1S/C45H42N2O5/c1-5-6-9-24-50-45(49)34-14-12-32(13-15-34)33-16-20-40(21-17-33)51-29-37-18-22-41(52-44(48)30(2)3)27-39(37)28-46-47-31(4)35-19-23-43-38(25-35)26-36-10-7-8-11-42(36)43/h7-8,10-23,25,27-28H,2,5-6,9,24,26,29H2,1,3-4H3/b46-28+,47-31+.